The monoisotopic (exact) mass is 323 g/mol. The molecule has 4 heteroatoms. The van der Waals surface area contributed by atoms with Crippen LogP contribution >= 0.6 is 0 Å². The SMILES string of the molecule is CO[C@H](CCCN1C(=O)c2ccccc2C1=O)Cc1ccccc1. The lowest BCUT2D eigenvalue weighted by atomic mass is 10.0. The second-order valence-electron chi connectivity index (χ2n) is 6.00. The maximum atomic E-state index is 12.3. The first-order valence-corrected chi connectivity index (χ1v) is 8.22. The first-order valence-electron chi connectivity index (χ1n) is 8.22. The quantitative estimate of drug-likeness (QED) is 0.734. The van der Waals surface area contributed by atoms with Crippen molar-refractivity contribution >= 4 is 11.8 Å². The summed E-state index contributed by atoms with van der Waals surface area (Å²) in [6.07, 6.45) is 2.46. The molecule has 0 aromatic heterocycles. The zero-order chi connectivity index (χ0) is 16.9. The normalized spacial score (nSPS) is 14.8. The third kappa shape index (κ3) is 3.39. The van der Waals surface area contributed by atoms with E-state index in [4.69, 9.17) is 4.74 Å². The fourth-order valence-electron chi connectivity index (χ4n) is 3.10. The highest BCUT2D eigenvalue weighted by Crippen LogP contribution is 2.23. The maximum Gasteiger partial charge on any atom is 0.261 e. The Balaban J connectivity index is 1.55. The molecule has 2 amide bonds. The van der Waals surface area contributed by atoms with E-state index in [1.807, 2.05) is 18.2 Å². The summed E-state index contributed by atoms with van der Waals surface area (Å²) >= 11 is 0. The second-order valence-corrected chi connectivity index (χ2v) is 6.00. The van der Waals surface area contributed by atoms with Crippen molar-refractivity contribution < 1.29 is 14.3 Å². The number of hydrogen-bond donors (Lipinski definition) is 0. The zero-order valence-electron chi connectivity index (χ0n) is 13.8. The molecule has 0 spiro atoms. The van der Waals surface area contributed by atoms with Crippen LogP contribution in [0.5, 0.6) is 0 Å². The number of methoxy groups -OCH3 is 1. The summed E-state index contributed by atoms with van der Waals surface area (Å²) < 4.78 is 5.55. The average Bonchev–Trinajstić information content (AvgIpc) is 2.87. The van der Waals surface area contributed by atoms with Crippen LogP contribution in [0.15, 0.2) is 54.6 Å². The fourth-order valence-corrected chi connectivity index (χ4v) is 3.10. The number of ether oxygens (including phenoxy) is 1. The highest BCUT2D eigenvalue weighted by atomic mass is 16.5. The Morgan fingerprint density at radius 2 is 1.50 bits per heavy atom. The van der Waals surface area contributed by atoms with Crippen LogP contribution < -0.4 is 0 Å². The second kappa shape index (κ2) is 7.41. The van der Waals surface area contributed by atoms with Gasteiger partial charge in [0, 0.05) is 13.7 Å². The Morgan fingerprint density at radius 3 is 2.08 bits per heavy atom. The number of hydrogen-bond acceptors (Lipinski definition) is 3. The number of amides is 2. The molecule has 4 nitrogen and oxygen atoms in total. The highest BCUT2D eigenvalue weighted by molar-refractivity contribution is 6.21. The van der Waals surface area contributed by atoms with Gasteiger partial charge in [0.25, 0.3) is 11.8 Å². The molecule has 1 aliphatic heterocycles. The van der Waals surface area contributed by atoms with Crippen LogP contribution in [0.25, 0.3) is 0 Å². The molecule has 3 rings (SSSR count). The van der Waals surface area contributed by atoms with Gasteiger partial charge >= 0.3 is 0 Å². The van der Waals surface area contributed by atoms with E-state index < -0.39 is 0 Å². The van der Waals surface area contributed by atoms with Crippen LogP contribution in [0.2, 0.25) is 0 Å². The molecule has 1 heterocycles. The van der Waals surface area contributed by atoms with E-state index in [9.17, 15) is 9.59 Å². The zero-order valence-corrected chi connectivity index (χ0v) is 13.8. The van der Waals surface area contributed by atoms with Crippen molar-refractivity contribution in [2.45, 2.75) is 25.4 Å². The van der Waals surface area contributed by atoms with Crippen LogP contribution in [0.1, 0.15) is 39.1 Å². The molecule has 24 heavy (non-hydrogen) atoms. The van der Waals surface area contributed by atoms with Crippen molar-refractivity contribution in [3.8, 4) is 0 Å². The van der Waals surface area contributed by atoms with Crippen molar-refractivity contribution in [3.63, 3.8) is 0 Å². The summed E-state index contributed by atoms with van der Waals surface area (Å²) in [6, 6.07) is 17.2. The number of carbonyl (C=O) groups excluding carboxylic acids is 2. The van der Waals surface area contributed by atoms with Crippen LogP contribution in [0.3, 0.4) is 0 Å². The van der Waals surface area contributed by atoms with Gasteiger partial charge in [-0.05, 0) is 37.0 Å². The Hall–Kier alpha value is -2.46. The third-order valence-corrected chi connectivity index (χ3v) is 4.43. The average molecular weight is 323 g/mol. The summed E-state index contributed by atoms with van der Waals surface area (Å²) in [5, 5.41) is 0. The Labute approximate surface area is 142 Å². The van der Waals surface area contributed by atoms with Gasteiger partial charge in [0.1, 0.15) is 0 Å². The largest absolute Gasteiger partial charge is 0.381 e. The Kier molecular flexibility index (Phi) is 5.06. The molecule has 0 radical (unpaired) electrons. The molecule has 0 aliphatic carbocycles. The molecule has 0 N–H and O–H groups in total. The molecule has 2 aromatic rings. The summed E-state index contributed by atoms with van der Waals surface area (Å²) in [4.78, 5) is 26.0. The molecule has 0 bridgehead atoms. The minimum atomic E-state index is -0.187. The van der Waals surface area contributed by atoms with E-state index in [-0.39, 0.29) is 17.9 Å². The van der Waals surface area contributed by atoms with Gasteiger partial charge in [-0.3, -0.25) is 14.5 Å². The van der Waals surface area contributed by atoms with E-state index in [0.29, 0.717) is 17.7 Å². The molecule has 0 fully saturated rings. The van der Waals surface area contributed by atoms with Crippen molar-refractivity contribution in [2.24, 2.45) is 0 Å². The first-order chi connectivity index (χ1) is 11.7. The number of rotatable bonds is 7. The predicted molar refractivity (Wildman–Crippen MR) is 92.0 cm³/mol. The number of imide groups is 1. The summed E-state index contributed by atoms with van der Waals surface area (Å²) in [5.41, 5.74) is 2.25. The van der Waals surface area contributed by atoms with E-state index in [1.54, 1.807) is 31.4 Å². The molecule has 0 saturated heterocycles. The van der Waals surface area contributed by atoms with Gasteiger partial charge in [-0.15, -0.1) is 0 Å². The smallest absolute Gasteiger partial charge is 0.261 e. The number of benzene rings is 2. The van der Waals surface area contributed by atoms with Crippen molar-refractivity contribution in [2.75, 3.05) is 13.7 Å². The van der Waals surface area contributed by atoms with E-state index in [1.165, 1.54) is 10.5 Å². The number of nitrogens with zero attached hydrogens (tertiary/aromatic N) is 1. The third-order valence-electron chi connectivity index (χ3n) is 4.43. The predicted octanol–water partition coefficient (Wildman–Crippen LogP) is 3.32. The van der Waals surface area contributed by atoms with Crippen LogP contribution in [0, 0.1) is 0 Å². The van der Waals surface area contributed by atoms with Crippen LogP contribution in [0.4, 0.5) is 0 Å². The van der Waals surface area contributed by atoms with E-state index in [2.05, 4.69) is 12.1 Å². The lowest BCUT2D eigenvalue weighted by Crippen LogP contribution is -2.31. The fraction of sp³-hybridized carbons (Fsp3) is 0.300. The molecular formula is C20H21NO3. The van der Waals surface area contributed by atoms with Crippen molar-refractivity contribution in [3.05, 3.63) is 71.3 Å². The molecular weight excluding hydrogens is 302 g/mol. The van der Waals surface area contributed by atoms with Gasteiger partial charge in [-0.2, -0.15) is 0 Å². The summed E-state index contributed by atoms with van der Waals surface area (Å²) in [7, 11) is 1.70. The Morgan fingerprint density at radius 1 is 0.917 bits per heavy atom. The standard InChI is InChI=1S/C20H21NO3/c1-24-16(14-15-8-3-2-4-9-15)10-7-13-21-19(22)17-11-5-6-12-18(17)20(21)23/h2-6,8-9,11-12,16H,7,10,13-14H2,1H3/t16-/m1/s1. The van der Waals surface area contributed by atoms with Gasteiger partial charge in [0.15, 0.2) is 0 Å². The molecule has 2 aromatic carbocycles. The molecule has 124 valence electrons. The summed E-state index contributed by atoms with van der Waals surface area (Å²) in [5.74, 6) is -0.375. The van der Waals surface area contributed by atoms with Gasteiger partial charge in [-0.25, -0.2) is 0 Å². The van der Waals surface area contributed by atoms with Gasteiger partial charge in [0.2, 0.25) is 0 Å². The molecule has 1 atom stereocenters. The van der Waals surface area contributed by atoms with Crippen LogP contribution in [-0.2, 0) is 11.2 Å². The molecule has 1 aliphatic rings. The summed E-state index contributed by atoms with van der Waals surface area (Å²) in [6.45, 7) is 0.432. The van der Waals surface area contributed by atoms with Gasteiger partial charge in [-0.1, -0.05) is 42.5 Å². The van der Waals surface area contributed by atoms with Gasteiger partial charge in [0.05, 0.1) is 17.2 Å². The lowest BCUT2D eigenvalue weighted by molar-refractivity contribution is 0.0622. The van der Waals surface area contributed by atoms with Crippen LogP contribution in [-0.4, -0.2) is 36.5 Å². The number of fused-ring (bicyclic) bond motifs is 1. The topological polar surface area (TPSA) is 46.6 Å². The van der Waals surface area contributed by atoms with E-state index >= 15 is 0 Å². The first kappa shape index (κ1) is 16.4. The number of carbonyl (C=O) groups is 2. The minimum Gasteiger partial charge on any atom is -0.381 e. The van der Waals surface area contributed by atoms with Gasteiger partial charge < -0.3 is 4.74 Å². The lowest BCUT2D eigenvalue weighted by Gasteiger charge is -2.18. The highest BCUT2D eigenvalue weighted by Gasteiger charge is 2.34. The molecule has 0 saturated carbocycles. The maximum absolute atomic E-state index is 12.3. The Bertz CT molecular complexity index is 692. The minimum absolute atomic E-state index is 0.0857. The molecule has 0 unspecified atom stereocenters. The van der Waals surface area contributed by atoms with E-state index in [0.717, 1.165) is 19.3 Å². The van der Waals surface area contributed by atoms with Crippen molar-refractivity contribution in [1.29, 1.82) is 0 Å². The van der Waals surface area contributed by atoms with Crippen molar-refractivity contribution in [1.82, 2.24) is 4.90 Å².